The number of amides is 1. The summed E-state index contributed by atoms with van der Waals surface area (Å²) in [4.78, 5) is 12.0. The normalized spacial score (nSPS) is 15.6. The highest BCUT2D eigenvalue weighted by molar-refractivity contribution is 7.90. The second-order valence-corrected chi connectivity index (χ2v) is 9.96. The Kier molecular flexibility index (Phi) is 5.36. The van der Waals surface area contributed by atoms with Crippen LogP contribution in [0, 0.1) is 6.92 Å². The molecule has 1 heterocycles. The van der Waals surface area contributed by atoms with Gasteiger partial charge in [0.1, 0.15) is 0 Å². The van der Waals surface area contributed by atoms with E-state index in [9.17, 15) is 21.6 Å². The maximum Gasteiger partial charge on any atom is 0.265 e. The first-order chi connectivity index (χ1) is 12.7. The van der Waals surface area contributed by atoms with E-state index in [-0.39, 0.29) is 15.4 Å². The van der Waals surface area contributed by atoms with Crippen LogP contribution in [0.5, 0.6) is 0 Å². The Hall–Kier alpha value is -2.23. The van der Waals surface area contributed by atoms with E-state index in [1.807, 2.05) is 4.72 Å². The Balaban J connectivity index is 1.89. The number of carbonyl (C=O) groups excluding carboxylic acids is 1. The number of rotatable bonds is 5. The van der Waals surface area contributed by atoms with E-state index in [0.29, 0.717) is 18.7 Å². The molecule has 0 aromatic heterocycles. The summed E-state index contributed by atoms with van der Waals surface area (Å²) in [6.45, 7) is 2.54. The smallest absolute Gasteiger partial charge is 0.265 e. The minimum absolute atomic E-state index is 0.101. The molecule has 1 amide bonds. The highest BCUT2D eigenvalue weighted by Crippen LogP contribution is 2.23. The lowest BCUT2D eigenvalue weighted by molar-refractivity contribution is 0.0981. The van der Waals surface area contributed by atoms with E-state index in [2.05, 4.69) is 0 Å². The molecule has 7 nitrogen and oxygen atoms in total. The van der Waals surface area contributed by atoms with Gasteiger partial charge in [0, 0.05) is 18.7 Å². The average Bonchev–Trinajstić information content (AvgIpc) is 3.17. The van der Waals surface area contributed by atoms with Gasteiger partial charge < -0.3 is 0 Å². The topological polar surface area (TPSA) is 101 Å². The van der Waals surface area contributed by atoms with Gasteiger partial charge in [-0.15, -0.1) is 0 Å². The molecule has 1 saturated heterocycles. The number of hydrogen-bond donors (Lipinski definition) is 1. The minimum Gasteiger partial charge on any atom is -0.268 e. The summed E-state index contributed by atoms with van der Waals surface area (Å²) >= 11 is 0. The maximum atomic E-state index is 12.6. The van der Waals surface area contributed by atoms with Crippen molar-refractivity contribution >= 4 is 26.0 Å². The fourth-order valence-electron chi connectivity index (χ4n) is 2.94. The van der Waals surface area contributed by atoms with Crippen LogP contribution in [-0.2, 0) is 20.0 Å². The molecule has 2 aromatic rings. The van der Waals surface area contributed by atoms with Crippen molar-refractivity contribution in [3.05, 3.63) is 59.7 Å². The van der Waals surface area contributed by atoms with E-state index in [1.165, 1.54) is 28.6 Å². The van der Waals surface area contributed by atoms with Crippen LogP contribution in [-0.4, -0.2) is 40.1 Å². The Labute approximate surface area is 159 Å². The Morgan fingerprint density at radius 1 is 0.926 bits per heavy atom. The molecule has 0 unspecified atom stereocenters. The van der Waals surface area contributed by atoms with Gasteiger partial charge in [-0.2, -0.15) is 4.31 Å². The van der Waals surface area contributed by atoms with Crippen molar-refractivity contribution in [3.63, 3.8) is 0 Å². The van der Waals surface area contributed by atoms with Crippen LogP contribution >= 0.6 is 0 Å². The molecule has 1 N–H and O–H groups in total. The second-order valence-electron chi connectivity index (χ2n) is 6.34. The fraction of sp³-hybridized carbons (Fsp3) is 0.278. The number of benzene rings is 2. The maximum absolute atomic E-state index is 12.6. The molecule has 2 aromatic carbocycles. The summed E-state index contributed by atoms with van der Waals surface area (Å²) in [6, 6.07) is 11.7. The number of nitrogens with one attached hydrogen (secondary N) is 1. The third-order valence-electron chi connectivity index (χ3n) is 4.44. The molecule has 0 aliphatic carbocycles. The Bertz CT molecular complexity index is 1070. The molecule has 0 bridgehead atoms. The van der Waals surface area contributed by atoms with Gasteiger partial charge in [0.2, 0.25) is 10.0 Å². The monoisotopic (exact) mass is 408 g/mol. The van der Waals surface area contributed by atoms with Gasteiger partial charge in [0.05, 0.1) is 9.79 Å². The third-order valence-corrected chi connectivity index (χ3v) is 7.66. The van der Waals surface area contributed by atoms with Crippen LogP contribution < -0.4 is 4.72 Å². The van der Waals surface area contributed by atoms with Crippen molar-refractivity contribution in [2.45, 2.75) is 29.6 Å². The molecular formula is C18H20N2O5S2. The lowest BCUT2D eigenvalue weighted by Gasteiger charge is -2.16. The average molecular weight is 409 g/mol. The van der Waals surface area contributed by atoms with E-state index < -0.39 is 26.0 Å². The van der Waals surface area contributed by atoms with Crippen LogP contribution in [0.25, 0.3) is 0 Å². The molecule has 0 saturated carbocycles. The Morgan fingerprint density at radius 3 is 2.22 bits per heavy atom. The molecule has 0 radical (unpaired) electrons. The summed E-state index contributed by atoms with van der Waals surface area (Å²) in [7, 11) is -7.97. The molecule has 144 valence electrons. The number of sulfonamides is 2. The van der Waals surface area contributed by atoms with Crippen molar-refractivity contribution in [2.24, 2.45) is 0 Å². The van der Waals surface area contributed by atoms with Gasteiger partial charge >= 0.3 is 0 Å². The van der Waals surface area contributed by atoms with Gasteiger partial charge in [-0.25, -0.2) is 21.6 Å². The highest BCUT2D eigenvalue weighted by Gasteiger charge is 2.29. The second kappa shape index (κ2) is 7.41. The van der Waals surface area contributed by atoms with Gasteiger partial charge in [-0.05, 0) is 49.6 Å². The summed E-state index contributed by atoms with van der Waals surface area (Å²) in [5.74, 6) is -0.763. The van der Waals surface area contributed by atoms with Gasteiger partial charge in [-0.1, -0.05) is 24.3 Å². The summed E-state index contributed by atoms with van der Waals surface area (Å²) < 4.78 is 53.8. The largest absolute Gasteiger partial charge is 0.268 e. The molecule has 0 spiro atoms. The van der Waals surface area contributed by atoms with Gasteiger partial charge in [0.15, 0.2) is 0 Å². The lowest BCUT2D eigenvalue weighted by atomic mass is 10.1. The zero-order valence-corrected chi connectivity index (χ0v) is 16.4. The van der Waals surface area contributed by atoms with E-state index in [4.69, 9.17) is 0 Å². The van der Waals surface area contributed by atoms with E-state index in [0.717, 1.165) is 18.9 Å². The zero-order chi connectivity index (χ0) is 19.7. The Morgan fingerprint density at radius 2 is 1.56 bits per heavy atom. The molecule has 27 heavy (non-hydrogen) atoms. The van der Waals surface area contributed by atoms with Crippen LogP contribution in [0.2, 0.25) is 0 Å². The standard InChI is InChI=1S/C18H20N2O5S2/c1-14-7-2-3-10-17(14)18(21)19-26(22,23)15-8-6-9-16(13-15)27(24,25)20-11-4-5-12-20/h2-3,6-10,13H,4-5,11-12H2,1H3,(H,19,21). The molecular weight excluding hydrogens is 388 g/mol. The minimum atomic E-state index is -4.21. The molecule has 9 heteroatoms. The summed E-state index contributed by atoms with van der Waals surface area (Å²) in [6.07, 6.45) is 1.56. The SMILES string of the molecule is Cc1ccccc1C(=O)NS(=O)(=O)c1cccc(S(=O)(=O)N2CCCC2)c1. The first kappa shape index (κ1) is 19.5. The van der Waals surface area contributed by atoms with Gasteiger partial charge in [-0.3, -0.25) is 4.79 Å². The van der Waals surface area contributed by atoms with Gasteiger partial charge in [0.25, 0.3) is 15.9 Å². The van der Waals surface area contributed by atoms with Crippen LogP contribution in [0.15, 0.2) is 58.3 Å². The predicted octanol–water partition coefficient (Wildman–Crippen LogP) is 1.90. The van der Waals surface area contributed by atoms with Crippen molar-refractivity contribution < 1.29 is 21.6 Å². The number of nitrogens with zero attached hydrogens (tertiary/aromatic N) is 1. The number of hydrogen-bond acceptors (Lipinski definition) is 5. The predicted molar refractivity (Wildman–Crippen MR) is 100 cm³/mol. The van der Waals surface area contributed by atoms with Crippen molar-refractivity contribution in [2.75, 3.05) is 13.1 Å². The van der Waals surface area contributed by atoms with Crippen LogP contribution in [0.1, 0.15) is 28.8 Å². The lowest BCUT2D eigenvalue weighted by Crippen LogP contribution is -2.31. The van der Waals surface area contributed by atoms with Crippen molar-refractivity contribution in [1.29, 1.82) is 0 Å². The zero-order valence-electron chi connectivity index (χ0n) is 14.8. The molecule has 3 rings (SSSR count). The first-order valence-corrected chi connectivity index (χ1v) is 11.4. The van der Waals surface area contributed by atoms with Crippen LogP contribution in [0.3, 0.4) is 0 Å². The highest BCUT2D eigenvalue weighted by atomic mass is 32.2. The number of aryl methyl sites for hydroxylation is 1. The van der Waals surface area contributed by atoms with E-state index in [1.54, 1.807) is 25.1 Å². The quantitative estimate of drug-likeness (QED) is 0.814. The molecule has 1 aliphatic heterocycles. The third kappa shape index (κ3) is 4.05. The molecule has 1 fully saturated rings. The van der Waals surface area contributed by atoms with E-state index >= 15 is 0 Å². The summed E-state index contributed by atoms with van der Waals surface area (Å²) in [5.41, 5.74) is 0.873. The molecule has 0 atom stereocenters. The fourth-order valence-corrected chi connectivity index (χ4v) is 5.59. The van der Waals surface area contributed by atoms with Crippen molar-refractivity contribution in [1.82, 2.24) is 9.03 Å². The number of carbonyl (C=O) groups is 1. The molecule has 1 aliphatic rings. The summed E-state index contributed by atoms with van der Waals surface area (Å²) in [5, 5.41) is 0. The van der Waals surface area contributed by atoms with Crippen molar-refractivity contribution in [3.8, 4) is 0 Å². The first-order valence-electron chi connectivity index (χ1n) is 8.45. The van der Waals surface area contributed by atoms with Crippen LogP contribution in [0.4, 0.5) is 0 Å².